The van der Waals surface area contributed by atoms with Crippen molar-refractivity contribution in [1.29, 1.82) is 0 Å². The Bertz CT molecular complexity index is 1260. The Labute approximate surface area is 223 Å². The number of nitrogen functional groups attached to an aromatic ring is 2. The fraction of sp³-hybridized carbons (Fsp3) is 0.429. The van der Waals surface area contributed by atoms with E-state index in [1.165, 1.54) is 38.5 Å². The van der Waals surface area contributed by atoms with Crippen LogP contribution in [0.4, 0.5) is 35.2 Å². The van der Waals surface area contributed by atoms with E-state index in [-0.39, 0.29) is 0 Å². The van der Waals surface area contributed by atoms with Crippen LogP contribution in [0.3, 0.4) is 0 Å². The van der Waals surface area contributed by atoms with E-state index in [0.717, 1.165) is 43.0 Å². The van der Waals surface area contributed by atoms with Gasteiger partial charge >= 0.3 is 0 Å². The summed E-state index contributed by atoms with van der Waals surface area (Å²) in [6.45, 7) is 0. The van der Waals surface area contributed by atoms with E-state index in [0.29, 0.717) is 29.9 Å². The third kappa shape index (κ3) is 6.62. The zero-order chi connectivity index (χ0) is 26.2. The Kier molecular flexibility index (Phi) is 8.37. The summed E-state index contributed by atoms with van der Waals surface area (Å²) in [5, 5.41) is 15.3. The first-order chi connectivity index (χ1) is 18.7. The molecule has 10 heteroatoms. The maximum atomic E-state index is 5.98. The van der Waals surface area contributed by atoms with Crippen LogP contribution in [0.2, 0.25) is 0 Å². The molecule has 2 aliphatic rings. The third-order valence-electron chi connectivity index (χ3n) is 7.21. The van der Waals surface area contributed by atoms with Crippen LogP contribution in [0.25, 0.3) is 0 Å². The minimum Gasteiger partial charge on any atom is -0.368 e. The van der Waals surface area contributed by atoms with Gasteiger partial charge in [0.2, 0.25) is 23.8 Å². The molecule has 0 saturated heterocycles. The molecule has 2 fully saturated rings. The number of nitrogens with one attached hydrogen (secondary N) is 2. The Morgan fingerprint density at radius 2 is 1.13 bits per heavy atom. The normalized spacial score (nSPS) is 16.4. The molecule has 0 spiro atoms. The van der Waals surface area contributed by atoms with Crippen molar-refractivity contribution in [3.8, 4) is 0 Å². The van der Waals surface area contributed by atoms with Crippen LogP contribution >= 0.6 is 0 Å². The Morgan fingerprint density at radius 1 is 0.605 bits per heavy atom. The largest absolute Gasteiger partial charge is 0.368 e. The highest BCUT2D eigenvalue weighted by Crippen LogP contribution is 2.31. The topological polar surface area (TPSA) is 138 Å². The lowest BCUT2D eigenvalue weighted by Gasteiger charge is -2.23. The second-order valence-corrected chi connectivity index (χ2v) is 10.0. The van der Waals surface area contributed by atoms with Crippen LogP contribution in [0, 0.1) is 0 Å². The highest BCUT2D eigenvalue weighted by Gasteiger charge is 2.21. The van der Waals surface area contributed by atoms with Gasteiger partial charge in [0.1, 0.15) is 0 Å². The number of hydrogen-bond donors (Lipinski definition) is 4. The van der Waals surface area contributed by atoms with E-state index < -0.39 is 0 Å². The quantitative estimate of drug-likeness (QED) is 0.238. The first kappa shape index (κ1) is 25.6. The molecule has 2 aromatic heterocycles. The molecule has 0 amide bonds. The van der Waals surface area contributed by atoms with Gasteiger partial charge < -0.3 is 22.1 Å². The number of anilines is 6. The van der Waals surface area contributed by atoms with Gasteiger partial charge in [-0.2, -0.15) is 9.97 Å². The summed E-state index contributed by atoms with van der Waals surface area (Å²) in [6.07, 6.45) is 12.3. The summed E-state index contributed by atoms with van der Waals surface area (Å²) in [6, 6.07) is 20.7. The van der Waals surface area contributed by atoms with Gasteiger partial charge in [-0.1, -0.05) is 74.9 Å². The summed E-state index contributed by atoms with van der Waals surface area (Å²) >= 11 is 0. The second-order valence-electron chi connectivity index (χ2n) is 10.0. The van der Waals surface area contributed by atoms with Crippen molar-refractivity contribution in [2.45, 2.75) is 76.3 Å². The molecule has 38 heavy (non-hydrogen) atoms. The summed E-state index contributed by atoms with van der Waals surface area (Å²) in [4.78, 5) is 8.60. The maximum Gasteiger partial charge on any atom is 0.248 e. The molecule has 0 radical (unpaired) electrons. The van der Waals surface area contributed by atoms with Crippen LogP contribution in [0.1, 0.15) is 76.3 Å². The predicted octanol–water partition coefficient (Wildman–Crippen LogP) is 6.22. The molecule has 2 saturated carbocycles. The lowest BCUT2D eigenvalue weighted by Crippen LogP contribution is -2.16. The molecule has 2 aliphatic carbocycles. The molecule has 0 bridgehead atoms. The molecular formula is C28H38N10. The van der Waals surface area contributed by atoms with Crippen molar-refractivity contribution in [2.75, 3.05) is 22.1 Å². The molecule has 2 aromatic carbocycles. The smallest absolute Gasteiger partial charge is 0.248 e. The molecule has 0 aliphatic heterocycles. The molecule has 4 aromatic rings. The standard InChI is InChI=1S/2C14H19N5/c15-13-17-14(16-11-7-3-1-4-8-11)18-19(13)12-9-5-2-6-10-12;15-13-17-14(16-11-7-3-1-4-8-11)19(18-13)12-9-5-2-6-10-12/h2*1,3-4,7-8,12H,2,5-6,9-10H2,(H3,15,16,17,18). The van der Waals surface area contributed by atoms with Crippen molar-refractivity contribution >= 4 is 35.2 Å². The fourth-order valence-electron chi connectivity index (χ4n) is 5.29. The molecule has 10 nitrogen and oxygen atoms in total. The average Bonchev–Trinajstić information content (AvgIpc) is 3.52. The molecule has 0 atom stereocenters. The maximum absolute atomic E-state index is 5.98. The molecule has 0 unspecified atom stereocenters. The second kappa shape index (κ2) is 12.4. The van der Waals surface area contributed by atoms with Gasteiger partial charge in [-0.15, -0.1) is 10.2 Å². The summed E-state index contributed by atoms with van der Waals surface area (Å²) in [5.41, 5.74) is 13.7. The van der Waals surface area contributed by atoms with E-state index in [1.54, 1.807) is 0 Å². The number of aromatic nitrogens is 6. The summed E-state index contributed by atoms with van der Waals surface area (Å²) < 4.78 is 3.84. The molecule has 2 heterocycles. The third-order valence-corrected chi connectivity index (χ3v) is 7.21. The number of nitrogens with zero attached hydrogens (tertiary/aromatic N) is 6. The fourth-order valence-corrected chi connectivity index (χ4v) is 5.29. The number of hydrogen-bond acceptors (Lipinski definition) is 8. The number of benzene rings is 2. The van der Waals surface area contributed by atoms with Crippen LogP contribution in [0.5, 0.6) is 0 Å². The van der Waals surface area contributed by atoms with E-state index in [9.17, 15) is 0 Å². The monoisotopic (exact) mass is 514 g/mol. The van der Waals surface area contributed by atoms with Gasteiger partial charge in [0, 0.05) is 11.4 Å². The van der Waals surface area contributed by atoms with E-state index >= 15 is 0 Å². The first-order valence-electron chi connectivity index (χ1n) is 13.7. The number of nitrogens with two attached hydrogens (primary N) is 2. The van der Waals surface area contributed by atoms with Gasteiger partial charge in [-0.25, -0.2) is 9.36 Å². The van der Waals surface area contributed by atoms with Gasteiger partial charge in [0.05, 0.1) is 12.1 Å². The molecule has 6 rings (SSSR count). The molecular weight excluding hydrogens is 476 g/mol. The molecule has 200 valence electrons. The van der Waals surface area contributed by atoms with Gasteiger partial charge in [0.15, 0.2) is 0 Å². The average molecular weight is 515 g/mol. The van der Waals surface area contributed by atoms with Gasteiger partial charge in [-0.05, 0) is 49.9 Å². The first-order valence-corrected chi connectivity index (χ1v) is 13.7. The van der Waals surface area contributed by atoms with Crippen molar-refractivity contribution in [3.63, 3.8) is 0 Å². The lowest BCUT2D eigenvalue weighted by molar-refractivity contribution is 0.333. The van der Waals surface area contributed by atoms with Crippen molar-refractivity contribution < 1.29 is 0 Å². The highest BCUT2D eigenvalue weighted by molar-refractivity contribution is 5.54. The minimum absolute atomic E-state index is 0.337. The van der Waals surface area contributed by atoms with Crippen LogP contribution in [-0.4, -0.2) is 29.5 Å². The van der Waals surface area contributed by atoms with Crippen LogP contribution in [0.15, 0.2) is 60.7 Å². The zero-order valence-corrected chi connectivity index (χ0v) is 21.8. The SMILES string of the molecule is Nc1nc(Nc2ccccc2)n(C2CCCCC2)n1.Nc1nc(Nc2ccccc2)nn1C1CCCCC1. The van der Waals surface area contributed by atoms with Gasteiger partial charge in [0.25, 0.3) is 0 Å². The number of para-hydroxylation sites is 2. The van der Waals surface area contributed by atoms with E-state index in [2.05, 4.69) is 30.8 Å². The van der Waals surface area contributed by atoms with Crippen molar-refractivity contribution in [2.24, 2.45) is 0 Å². The number of rotatable bonds is 6. The summed E-state index contributed by atoms with van der Waals surface area (Å²) in [7, 11) is 0. The van der Waals surface area contributed by atoms with E-state index in [4.69, 9.17) is 11.5 Å². The van der Waals surface area contributed by atoms with E-state index in [1.807, 2.05) is 70.0 Å². The van der Waals surface area contributed by atoms with Gasteiger partial charge in [-0.3, -0.25) is 0 Å². The lowest BCUT2D eigenvalue weighted by atomic mass is 9.96. The van der Waals surface area contributed by atoms with Crippen LogP contribution < -0.4 is 22.1 Å². The van der Waals surface area contributed by atoms with Crippen molar-refractivity contribution in [1.82, 2.24) is 29.5 Å². The predicted molar refractivity (Wildman–Crippen MR) is 153 cm³/mol. The Morgan fingerprint density at radius 3 is 1.71 bits per heavy atom. The highest BCUT2D eigenvalue weighted by atomic mass is 15.4. The van der Waals surface area contributed by atoms with Crippen molar-refractivity contribution in [3.05, 3.63) is 60.7 Å². The summed E-state index contributed by atoms with van der Waals surface area (Å²) in [5.74, 6) is 2.17. The minimum atomic E-state index is 0.337. The van der Waals surface area contributed by atoms with Crippen LogP contribution in [-0.2, 0) is 0 Å². The Balaban J connectivity index is 0.000000155. The Hall–Kier alpha value is -4.08. The zero-order valence-electron chi connectivity index (χ0n) is 21.8. The molecule has 6 N–H and O–H groups in total.